The van der Waals surface area contributed by atoms with Crippen molar-refractivity contribution in [3.63, 3.8) is 0 Å². The number of piperazine rings is 1. The zero-order valence-corrected chi connectivity index (χ0v) is 18.7. The van der Waals surface area contributed by atoms with Crippen LogP contribution in [-0.4, -0.2) is 48.9 Å². The summed E-state index contributed by atoms with van der Waals surface area (Å²) in [5.41, 5.74) is 0.110. The molecule has 2 aromatic rings. The van der Waals surface area contributed by atoms with E-state index < -0.39 is 60.0 Å². The zero-order chi connectivity index (χ0) is 25.6. The lowest BCUT2D eigenvalue weighted by Gasteiger charge is -2.29. The maximum Gasteiger partial charge on any atom is 0.416 e. The molecule has 0 aliphatic carbocycles. The number of methoxy groups -OCH3 is 1. The quantitative estimate of drug-likeness (QED) is 0.485. The van der Waals surface area contributed by atoms with E-state index in [2.05, 4.69) is 20.7 Å². The number of rotatable bonds is 8. The Bertz CT molecular complexity index is 1090. The van der Waals surface area contributed by atoms with Crippen LogP contribution in [0.2, 0.25) is 0 Å². The average molecular weight is 491 g/mol. The summed E-state index contributed by atoms with van der Waals surface area (Å²) in [5, 5.41) is 7.48. The van der Waals surface area contributed by atoms with Crippen molar-refractivity contribution in [2.45, 2.75) is 43.6 Å². The molecule has 186 valence electrons. The minimum absolute atomic E-state index is 0.156. The molecule has 0 spiro atoms. The van der Waals surface area contributed by atoms with Gasteiger partial charge in [0, 0.05) is 12.8 Å². The van der Waals surface area contributed by atoms with E-state index in [4.69, 9.17) is 0 Å². The topological polar surface area (TPSA) is 114 Å². The zero-order valence-electron chi connectivity index (χ0n) is 18.7. The smallest absolute Gasteiger partial charge is 0.416 e. The van der Waals surface area contributed by atoms with Gasteiger partial charge in [-0.15, -0.1) is 0 Å². The van der Waals surface area contributed by atoms with Gasteiger partial charge in [0.1, 0.15) is 18.1 Å². The van der Waals surface area contributed by atoms with Crippen LogP contribution in [0.15, 0.2) is 54.6 Å². The first kappa shape index (κ1) is 25.7. The van der Waals surface area contributed by atoms with E-state index in [9.17, 15) is 32.3 Å². The molecule has 3 amide bonds. The summed E-state index contributed by atoms with van der Waals surface area (Å²) in [6.07, 6.45) is -5.01. The molecule has 2 aromatic carbocycles. The number of hydrogen-bond donors (Lipinski definition) is 3. The monoisotopic (exact) mass is 491 g/mol. The first-order valence-electron chi connectivity index (χ1n) is 10.7. The number of benzene rings is 2. The normalized spacial score (nSPS) is 18.7. The number of carbonyl (C=O) groups is 4. The first-order chi connectivity index (χ1) is 16.6. The van der Waals surface area contributed by atoms with Crippen LogP contribution in [0.1, 0.15) is 23.1 Å². The summed E-state index contributed by atoms with van der Waals surface area (Å²) in [4.78, 5) is 49.6. The Balaban J connectivity index is 1.61. The van der Waals surface area contributed by atoms with Gasteiger partial charge in [-0.05, 0) is 17.2 Å². The largest absolute Gasteiger partial charge is 0.467 e. The Morgan fingerprint density at radius 2 is 1.60 bits per heavy atom. The molecule has 35 heavy (non-hydrogen) atoms. The summed E-state index contributed by atoms with van der Waals surface area (Å²) in [6.45, 7) is 0. The maximum absolute atomic E-state index is 13.0. The fraction of sp³-hybridized carbons (Fsp3) is 0.333. The van der Waals surface area contributed by atoms with Crippen molar-refractivity contribution >= 4 is 23.7 Å². The molecule has 1 aliphatic rings. The van der Waals surface area contributed by atoms with E-state index in [-0.39, 0.29) is 18.4 Å². The van der Waals surface area contributed by atoms with E-state index in [1.165, 1.54) is 12.1 Å². The SMILES string of the molecule is COC(=O)[C@H](Cc1cccc(C(F)(F)F)c1)NC(=O)C[C@@H]1NC(=O)[C@H](Cc2ccccc2)NC1=O. The van der Waals surface area contributed by atoms with Gasteiger partial charge < -0.3 is 20.7 Å². The summed E-state index contributed by atoms with van der Waals surface area (Å²) < 4.78 is 43.6. The van der Waals surface area contributed by atoms with E-state index in [1.54, 1.807) is 0 Å². The van der Waals surface area contributed by atoms with Gasteiger partial charge >= 0.3 is 12.1 Å². The second-order valence-corrected chi connectivity index (χ2v) is 8.06. The molecule has 0 radical (unpaired) electrons. The third-order valence-corrected chi connectivity index (χ3v) is 5.45. The molecule has 3 rings (SSSR count). The number of amides is 3. The summed E-state index contributed by atoms with van der Waals surface area (Å²) in [5.74, 6) is -2.64. The Morgan fingerprint density at radius 3 is 2.26 bits per heavy atom. The highest BCUT2D eigenvalue weighted by Crippen LogP contribution is 2.29. The predicted molar refractivity (Wildman–Crippen MR) is 118 cm³/mol. The lowest BCUT2D eigenvalue weighted by Crippen LogP contribution is -2.63. The maximum atomic E-state index is 13.0. The van der Waals surface area contributed by atoms with Crippen molar-refractivity contribution in [2.75, 3.05) is 7.11 Å². The molecule has 3 atom stereocenters. The molecule has 1 aliphatic heterocycles. The molecule has 1 heterocycles. The van der Waals surface area contributed by atoms with Gasteiger partial charge in [0.15, 0.2) is 0 Å². The molecule has 0 saturated carbocycles. The molecule has 0 bridgehead atoms. The summed E-state index contributed by atoms with van der Waals surface area (Å²) >= 11 is 0. The third-order valence-electron chi connectivity index (χ3n) is 5.45. The number of alkyl halides is 3. The van der Waals surface area contributed by atoms with Gasteiger partial charge in [0.2, 0.25) is 17.7 Å². The van der Waals surface area contributed by atoms with Gasteiger partial charge in [0.25, 0.3) is 0 Å². The van der Waals surface area contributed by atoms with E-state index in [0.29, 0.717) is 0 Å². The van der Waals surface area contributed by atoms with Gasteiger partial charge in [-0.25, -0.2) is 4.79 Å². The predicted octanol–water partition coefficient (Wildman–Crippen LogP) is 1.52. The number of halogens is 3. The molecule has 11 heteroatoms. The Labute approximate surface area is 199 Å². The lowest BCUT2D eigenvalue weighted by molar-refractivity contribution is -0.145. The highest BCUT2D eigenvalue weighted by atomic mass is 19.4. The van der Waals surface area contributed by atoms with Crippen LogP contribution in [0.5, 0.6) is 0 Å². The number of hydrogen-bond acceptors (Lipinski definition) is 5. The van der Waals surface area contributed by atoms with Gasteiger partial charge in [-0.3, -0.25) is 14.4 Å². The van der Waals surface area contributed by atoms with Crippen molar-refractivity contribution in [3.05, 3.63) is 71.3 Å². The third kappa shape index (κ3) is 7.05. The molecule has 0 unspecified atom stereocenters. The van der Waals surface area contributed by atoms with Gasteiger partial charge in [-0.1, -0.05) is 48.5 Å². The average Bonchev–Trinajstić information content (AvgIpc) is 2.81. The minimum Gasteiger partial charge on any atom is -0.467 e. The van der Waals surface area contributed by atoms with Crippen molar-refractivity contribution < 1.29 is 37.1 Å². The second-order valence-electron chi connectivity index (χ2n) is 8.06. The number of nitrogens with one attached hydrogen (secondary N) is 3. The fourth-order valence-corrected chi connectivity index (χ4v) is 3.70. The van der Waals surface area contributed by atoms with Crippen LogP contribution < -0.4 is 16.0 Å². The molecule has 8 nitrogen and oxygen atoms in total. The van der Waals surface area contributed by atoms with E-state index in [1.807, 2.05) is 30.3 Å². The minimum atomic E-state index is -4.56. The Morgan fingerprint density at radius 1 is 0.971 bits per heavy atom. The highest BCUT2D eigenvalue weighted by molar-refractivity contribution is 5.99. The second kappa shape index (κ2) is 11.0. The molecule has 1 fully saturated rings. The summed E-state index contributed by atoms with van der Waals surface area (Å²) in [6, 6.07) is 10.2. The Hall–Kier alpha value is -3.89. The molecule has 1 saturated heterocycles. The lowest BCUT2D eigenvalue weighted by atomic mass is 10.00. The van der Waals surface area contributed by atoms with Crippen LogP contribution in [0, 0.1) is 0 Å². The van der Waals surface area contributed by atoms with Crippen molar-refractivity contribution in [3.8, 4) is 0 Å². The van der Waals surface area contributed by atoms with Crippen molar-refractivity contribution in [2.24, 2.45) is 0 Å². The first-order valence-corrected chi connectivity index (χ1v) is 10.7. The van der Waals surface area contributed by atoms with Crippen LogP contribution >= 0.6 is 0 Å². The highest BCUT2D eigenvalue weighted by Gasteiger charge is 2.36. The molecular formula is C24H24F3N3O5. The number of esters is 1. The van der Waals surface area contributed by atoms with Crippen LogP contribution in [0.25, 0.3) is 0 Å². The van der Waals surface area contributed by atoms with E-state index in [0.717, 1.165) is 24.8 Å². The van der Waals surface area contributed by atoms with Crippen molar-refractivity contribution in [1.29, 1.82) is 0 Å². The van der Waals surface area contributed by atoms with Gasteiger partial charge in [0.05, 0.1) is 19.1 Å². The molecule has 0 aromatic heterocycles. The van der Waals surface area contributed by atoms with Gasteiger partial charge in [-0.2, -0.15) is 13.2 Å². The fourth-order valence-electron chi connectivity index (χ4n) is 3.70. The van der Waals surface area contributed by atoms with E-state index >= 15 is 0 Å². The summed E-state index contributed by atoms with van der Waals surface area (Å²) in [7, 11) is 1.08. The number of carbonyl (C=O) groups excluding carboxylic acids is 4. The van der Waals surface area contributed by atoms with Crippen LogP contribution in [0.4, 0.5) is 13.2 Å². The molecular weight excluding hydrogens is 467 g/mol. The van der Waals surface area contributed by atoms with Crippen molar-refractivity contribution in [1.82, 2.24) is 16.0 Å². The van der Waals surface area contributed by atoms with Crippen LogP contribution in [-0.2, 0) is 42.9 Å². The number of ether oxygens (including phenoxy) is 1. The standard InChI is InChI=1S/C24H24F3N3O5/c1-35-23(34)19(12-15-8-5-9-16(10-15)24(25,26)27)28-20(31)13-18-22(33)29-17(21(32)30-18)11-14-6-3-2-4-7-14/h2-10,17-19H,11-13H2,1H3,(H,28,31)(H,29,33)(H,30,32)/t17-,18-,19-/m0/s1. The van der Waals surface area contributed by atoms with Crippen LogP contribution in [0.3, 0.4) is 0 Å². The Kier molecular flexibility index (Phi) is 8.10. The molecule has 3 N–H and O–H groups in total.